The van der Waals surface area contributed by atoms with Gasteiger partial charge in [0.2, 0.25) is 12.7 Å². The molecule has 0 fully saturated rings. The highest BCUT2D eigenvalue weighted by Crippen LogP contribution is 2.36. The monoisotopic (exact) mass is 244 g/mol. The van der Waals surface area contributed by atoms with Gasteiger partial charge >= 0.3 is 0 Å². The molecule has 18 heavy (non-hydrogen) atoms. The van der Waals surface area contributed by atoms with Crippen LogP contribution in [0.3, 0.4) is 0 Å². The van der Waals surface area contributed by atoms with Gasteiger partial charge in [0.15, 0.2) is 11.5 Å². The van der Waals surface area contributed by atoms with E-state index < -0.39 is 0 Å². The van der Waals surface area contributed by atoms with E-state index in [0.717, 1.165) is 28.0 Å². The molecule has 1 aromatic heterocycles. The van der Waals surface area contributed by atoms with Crippen molar-refractivity contribution in [1.29, 1.82) is 0 Å². The molecule has 3 rings (SSSR count). The molecule has 2 heterocycles. The van der Waals surface area contributed by atoms with Crippen molar-refractivity contribution in [2.24, 2.45) is 5.73 Å². The number of fused-ring (bicyclic) bond motifs is 2. The van der Waals surface area contributed by atoms with E-state index in [-0.39, 0.29) is 12.7 Å². The number of hydrogen-bond acceptors (Lipinski definition) is 4. The minimum Gasteiger partial charge on any atom is -0.454 e. The number of benzene rings is 1. The summed E-state index contributed by atoms with van der Waals surface area (Å²) in [5, 5.41) is 2.00. The summed E-state index contributed by atoms with van der Waals surface area (Å²) in [5.74, 6) is 1.14. The zero-order valence-corrected chi connectivity index (χ0v) is 9.68. The lowest BCUT2D eigenvalue weighted by molar-refractivity contribution is -0.118. The van der Waals surface area contributed by atoms with Crippen LogP contribution in [-0.2, 0) is 11.2 Å². The van der Waals surface area contributed by atoms with Gasteiger partial charge in [-0.2, -0.15) is 0 Å². The molecule has 1 aliphatic heterocycles. The van der Waals surface area contributed by atoms with Crippen molar-refractivity contribution >= 4 is 16.7 Å². The average Bonchev–Trinajstić information content (AvgIpc) is 2.80. The molecule has 5 nitrogen and oxygen atoms in total. The van der Waals surface area contributed by atoms with Gasteiger partial charge in [0.1, 0.15) is 0 Å². The van der Waals surface area contributed by atoms with E-state index in [1.54, 1.807) is 6.20 Å². The maximum absolute atomic E-state index is 10.8. The number of aryl methyl sites for hydroxylation is 1. The molecule has 2 aromatic rings. The van der Waals surface area contributed by atoms with Crippen LogP contribution in [0.5, 0.6) is 11.5 Å². The molecule has 1 aromatic carbocycles. The predicted octanol–water partition coefficient (Wildman–Crippen LogP) is 1.38. The highest BCUT2D eigenvalue weighted by molar-refractivity contribution is 5.88. The fourth-order valence-corrected chi connectivity index (χ4v) is 2.06. The van der Waals surface area contributed by atoms with E-state index in [1.165, 1.54) is 0 Å². The summed E-state index contributed by atoms with van der Waals surface area (Å²) in [6.45, 7) is 0.246. The standard InChI is InChI=1S/C13H12N2O3/c14-13(16)2-1-10-9-6-12-11(17-7-18-12)5-8(9)3-4-15-10/h3-6H,1-2,7H2,(H2,14,16). The molecular formula is C13H12N2O3. The van der Waals surface area contributed by atoms with Crippen LogP contribution in [0.1, 0.15) is 12.1 Å². The SMILES string of the molecule is NC(=O)CCc1nccc2cc3c(cc12)OCO3. The molecule has 0 aliphatic carbocycles. The molecule has 5 heteroatoms. The lowest BCUT2D eigenvalue weighted by Gasteiger charge is -2.06. The summed E-state index contributed by atoms with van der Waals surface area (Å²) in [6, 6.07) is 5.74. The Labute approximate surface area is 104 Å². The van der Waals surface area contributed by atoms with E-state index in [1.807, 2.05) is 18.2 Å². The number of nitrogens with two attached hydrogens (primary N) is 1. The van der Waals surface area contributed by atoms with Crippen LogP contribution in [-0.4, -0.2) is 17.7 Å². The molecule has 92 valence electrons. The number of nitrogens with zero attached hydrogens (tertiary/aromatic N) is 1. The highest BCUT2D eigenvalue weighted by Gasteiger charge is 2.15. The topological polar surface area (TPSA) is 74.4 Å². The second kappa shape index (κ2) is 4.18. The van der Waals surface area contributed by atoms with Crippen molar-refractivity contribution in [3.05, 3.63) is 30.1 Å². The van der Waals surface area contributed by atoms with Crippen LogP contribution in [0.2, 0.25) is 0 Å². The van der Waals surface area contributed by atoms with E-state index >= 15 is 0 Å². The first-order valence-corrected chi connectivity index (χ1v) is 5.69. The summed E-state index contributed by atoms with van der Waals surface area (Å²) in [4.78, 5) is 15.1. The molecule has 0 spiro atoms. The summed E-state index contributed by atoms with van der Waals surface area (Å²) in [7, 11) is 0. The van der Waals surface area contributed by atoms with Crippen LogP contribution in [0, 0.1) is 0 Å². The third kappa shape index (κ3) is 1.84. The van der Waals surface area contributed by atoms with Crippen molar-refractivity contribution in [1.82, 2.24) is 4.98 Å². The van der Waals surface area contributed by atoms with Crippen LogP contribution >= 0.6 is 0 Å². The second-order valence-electron chi connectivity index (χ2n) is 4.15. The summed E-state index contributed by atoms with van der Waals surface area (Å²) < 4.78 is 10.7. The maximum atomic E-state index is 10.8. The first-order valence-electron chi connectivity index (χ1n) is 5.69. The zero-order valence-electron chi connectivity index (χ0n) is 9.68. The van der Waals surface area contributed by atoms with Crippen LogP contribution in [0.4, 0.5) is 0 Å². The van der Waals surface area contributed by atoms with Crippen molar-refractivity contribution in [2.75, 3.05) is 6.79 Å². The van der Waals surface area contributed by atoms with Crippen molar-refractivity contribution in [2.45, 2.75) is 12.8 Å². The first kappa shape index (κ1) is 10.8. The fourth-order valence-electron chi connectivity index (χ4n) is 2.06. The maximum Gasteiger partial charge on any atom is 0.231 e. The van der Waals surface area contributed by atoms with Gasteiger partial charge in [0.05, 0.1) is 0 Å². The highest BCUT2D eigenvalue weighted by atomic mass is 16.7. The van der Waals surface area contributed by atoms with E-state index in [9.17, 15) is 4.79 Å². The number of carbonyl (C=O) groups is 1. The minimum atomic E-state index is -0.324. The summed E-state index contributed by atoms with van der Waals surface area (Å²) in [5.41, 5.74) is 6.01. The number of aromatic nitrogens is 1. The van der Waals surface area contributed by atoms with Crippen LogP contribution in [0.25, 0.3) is 10.8 Å². The van der Waals surface area contributed by atoms with Gasteiger partial charge in [0, 0.05) is 23.7 Å². The Hall–Kier alpha value is -2.30. The number of primary amides is 1. The van der Waals surface area contributed by atoms with Gasteiger partial charge in [-0.05, 0) is 30.0 Å². The third-order valence-electron chi connectivity index (χ3n) is 2.95. The molecule has 0 unspecified atom stereocenters. The second-order valence-corrected chi connectivity index (χ2v) is 4.15. The van der Waals surface area contributed by atoms with Gasteiger partial charge < -0.3 is 15.2 Å². The summed E-state index contributed by atoms with van der Waals surface area (Å²) >= 11 is 0. The molecule has 2 N–H and O–H groups in total. The molecule has 0 saturated carbocycles. The van der Waals surface area contributed by atoms with Gasteiger partial charge in [-0.15, -0.1) is 0 Å². The number of amides is 1. The number of carbonyl (C=O) groups excluding carboxylic acids is 1. The molecule has 0 bridgehead atoms. The van der Waals surface area contributed by atoms with Crippen molar-refractivity contribution in [3.63, 3.8) is 0 Å². The third-order valence-corrected chi connectivity index (χ3v) is 2.95. The van der Waals surface area contributed by atoms with Gasteiger partial charge in [-0.1, -0.05) is 0 Å². The minimum absolute atomic E-state index is 0.246. The van der Waals surface area contributed by atoms with Gasteiger partial charge in [-0.25, -0.2) is 0 Å². The summed E-state index contributed by atoms with van der Waals surface area (Å²) in [6.07, 6.45) is 2.55. The molecule has 1 amide bonds. The van der Waals surface area contributed by atoms with Crippen molar-refractivity contribution < 1.29 is 14.3 Å². The normalized spacial score (nSPS) is 12.9. The Balaban J connectivity index is 2.06. The molecule has 0 radical (unpaired) electrons. The van der Waals surface area contributed by atoms with Crippen molar-refractivity contribution in [3.8, 4) is 11.5 Å². The Morgan fingerprint density at radius 3 is 2.89 bits per heavy atom. The quantitative estimate of drug-likeness (QED) is 0.885. The fraction of sp³-hybridized carbons (Fsp3) is 0.231. The zero-order chi connectivity index (χ0) is 12.5. The Kier molecular flexibility index (Phi) is 2.51. The number of pyridine rings is 1. The predicted molar refractivity (Wildman–Crippen MR) is 65.4 cm³/mol. The Bertz CT molecular complexity index is 625. The van der Waals surface area contributed by atoms with Gasteiger partial charge in [0.25, 0.3) is 0 Å². The lowest BCUT2D eigenvalue weighted by atomic mass is 10.1. The number of hydrogen-bond donors (Lipinski definition) is 1. The Morgan fingerprint density at radius 2 is 2.11 bits per heavy atom. The van der Waals surface area contributed by atoms with Gasteiger partial charge in [-0.3, -0.25) is 9.78 Å². The van der Waals surface area contributed by atoms with E-state index in [0.29, 0.717) is 12.8 Å². The first-order chi connectivity index (χ1) is 8.74. The average molecular weight is 244 g/mol. The molecule has 0 atom stereocenters. The van der Waals surface area contributed by atoms with Crippen LogP contribution in [0.15, 0.2) is 24.4 Å². The lowest BCUT2D eigenvalue weighted by Crippen LogP contribution is -2.11. The molecule has 1 aliphatic rings. The van der Waals surface area contributed by atoms with E-state index in [2.05, 4.69) is 4.98 Å². The number of ether oxygens (including phenoxy) is 2. The van der Waals surface area contributed by atoms with E-state index in [4.69, 9.17) is 15.2 Å². The molecule has 0 saturated heterocycles. The number of rotatable bonds is 3. The van der Waals surface area contributed by atoms with Crippen LogP contribution < -0.4 is 15.2 Å². The smallest absolute Gasteiger partial charge is 0.231 e. The largest absolute Gasteiger partial charge is 0.454 e. The Morgan fingerprint density at radius 1 is 1.33 bits per heavy atom. The molecular weight excluding hydrogens is 232 g/mol.